The molecule has 0 aromatic carbocycles. The number of rotatable bonds is 15. The van der Waals surface area contributed by atoms with Gasteiger partial charge in [0.15, 0.2) is 0 Å². The highest BCUT2D eigenvalue weighted by Gasteiger charge is 2.63. The highest BCUT2D eigenvalue weighted by atomic mass is 31.2. The van der Waals surface area contributed by atoms with E-state index >= 15 is 4.57 Å². The first-order valence-electron chi connectivity index (χ1n) is 29.5. The van der Waals surface area contributed by atoms with Gasteiger partial charge < -0.3 is 0 Å². The summed E-state index contributed by atoms with van der Waals surface area (Å²) >= 11 is 0. The first kappa shape index (κ1) is 54.4. The van der Waals surface area contributed by atoms with Gasteiger partial charge in [-0.25, -0.2) is 14.0 Å². The maximum Gasteiger partial charge on any atom is 0.288 e. The second kappa shape index (κ2) is 23.1. The van der Waals surface area contributed by atoms with E-state index < -0.39 is 7.59 Å². The normalized spacial score (nSPS) is 42.6. The monoisotopic (exact) mass is 924 g/mol. The van der Waals surface area contributed by atoms with Gasteiger partial charge in [0, 0.05) is 36.3 Å². The molecule has 0 amide bonds. The van der Waals surface area contributed by atoms with Gasteiger partial charge in [0.05, 0.1) is 0 Å². The van der Waals surface area contributed by atoms with Crippen LogP contribution in [-0.4, -0.2) is 50.3 Å². The Balaban J connectivity index is 1.84. The van der Waals surface area contributed by atoms with E-state index in [-0.39, 0.29) is 0 Å². The van der Waals surface area contributed by atoms with Gasteiger partial charge >= 0.3 is 0 Å². The van der Waals surface area contributed by atoms with Gasteiger partial charge in [0.25, 0.3) is 7.59 Å². The van der Waals surface area contributed by atoms with E-state index in [4.69, 9.17) is 0 Å². The standard InChI is InChI=1S/C60H114N3OP/c1-37(2)49-25-19-43(13)31-55(49)61(56-32-44(14)20-26-50(56)38(3)4)65(64,62(57-33-45(15)21-27-51(57)39(5)6)58-34-46(16)22-28-52(58)40(7)8)63(59-35-47(17)23-29-53(59)41(9)10)60-36-48(18)24-30-54(60)42(11)12/h37-60H,19-36H2,1-18H3. The summed E-state index contributed by atoms with van der Waals surface area (Å²) in [6.07, 6.45) is 23.1. The molecule has 6 aliphatic carbocycles. The molecule has 0 spiro atoms. The molecule has 18 unspecified atom stereocenters. The summed E-state index contributed by atoms with van der Waals surface area (Å²) in [5, 5.41) is 0. The lowest BCUT2D eigenvalue weighted by molar-refractivity contribution is -0.0341. The predicted octanol–water partition coefficient (Wildman–Crippen LogP) is 17.8. The summed E-state index contributed by atoms with van der Waals surface area (Å²) in [6, 6.07) is 2.08. The first-order valence-corrected chi connectivity index (χ1v) is 31.1. The summed E-state index contributed by atoms with van der Waals surface area (Å²) in [5.41, 5.74) is 0. The van der Waals surface area contributed by atoms with Gasteiger partial charge in [-0.3, -0.25) is 4.57 Å². The van der Waals surface area contributed by atoms with Gasteiger partial charge in [-0.15, -0.1) is 0 Å². The minimum absolute atomic E-state index is 0.347. The Hall–Kier alpha value is 0.110. The third-order valence-corrected chi connectivity index (χ3v) is 24.4. The molecule has 65 heavy (non-hydrogen) atoms. The molecule has 0 aromatic rings. The topological polar surface area (TPSA) is 26.8 Å². The largest absolute Gasteiger partial charge is 0.288 e. The van der Waals surface area contributed by atoms with Gasteiger partial charge in [0.2, 0.25) is 0 Å². The van der Waals surface area contributed by atoms with E-state index in [1.54, 1.807) is 0 Å². The van der Waals surface area contributed by atoms with Crippen LogP contribution in [0.2, 0.25) is 0 Å². The Morgan fingerprint density at radius 3 is 0.538 bits per heavy atom. The fourth-order valence-electron chi connectivity index (χ4n) is 17.0. The van der Waals surface area contributed by atoms with Crippen LogP contribution in [0.4, 0.5) is 0 Å². The van der Waals surface area contributed by atoms with E-state index in [0.29, 0.717) is 143 Å². The van der Waals surface area contributed by atoms with Crippen molar-refractivity contribution in [2.45, 2.75) is 276 Å². The predicted molar refractivity (Wildman–Crippen MR) is 284 cm³/mol. The van der Waals surface area contributed by atoms with Crippen LogP contribution in [-0.2, 0) is 4.57 Å². The average molecular weight is 925 g/mol. The lowest BCUT2D eigenvalue weighted by Gasteiger charge is -2.65. The zero-order valence-electron chi connectivity index (χ0n) is 46.8. The van der Waals surface area contributed by atoms with Crippen molar-refractivity contribution in [3.05, 3.63) is 0 Å². The molecule has 0 radical (unpaired) electrons. The lowest BCUT2D eigenvalue weighted by Crippen LogP contribution is -2.66. The second-order valence-electron chi connectivity index (χ2n) is 28.0. The molecule has 6 aliphatic rings. The maximum absolute atomic E-state index is 20.3. The van der Waals surface area contributed by atoms with Crippen LogP contribution in [0.3, 0.4) is 0 Å². The molecule has 380 valence electrons. The quantitative estimate of drug-likeness (QED) is 0.153. The van der Waals surface area contributed by atoms with Crippen LogP contribution in [0.25, 0.3) is 0 Å². The smallest absolute Gasteiger partial charge is 0.270 e. The molecule has 0 bridgehead atoms. The highest BCUT2D eigenvalue weighted by Crippen LogP contribution is 2.71. The minimum Gasteiger partial charge on any atom is -0.270 e. The molecular weight excluding hydrogens is 810 g/mol. The fraction of sp³-hybridized carbons (Fsp3) is 1.00. The molecule has 6 rings (SSSR count). The zero-order chi connectivity index (χ0) is 47.8. The van der Waals surface area contributed by atoms with E-state index in [0.717, 1.165) is 0 Å². The van der Waals surface area contributed by atoms with Gasteiger partial charge in [-0.05, 0) is 184 Å². The average Bonchev–Trinajstić information content (AvgIpc) is 3.20. The van der Waals surface area contributed by atoms with Crippen molar-refractivity contribution in [2.75, 3.05) is 0 Å². The first-order chi connectivity index (χ1) is 30.6. The van der Waals surface area contributed by atoms with Crippen LogP contribution in [0.1, 0.15) is 240 Å². The Morgan fingerprint density at radius 2 is 0.415 bits per heavy atom. The third kappa shape index (κ3) is 11.9. The van der Waals surface area contributed by atoms with Crippen molar-refractivity contribution >= 4 is 7.59 Å². The van der Waals surface area contributed by atoms with Gasteiger partial charge in [-0.1, -0.05) is 163 Å². The van der Waals surface area contributed by atoms with Crippen LogP contribution < -0.4 is 0 Å². The van der Waals surface area contributed by atoms with Crippen LogP contribution in [0.15, 0.2) is 0 Å². The molecule has 0 aliphatic heterocycles. The lowest BCUT2D eigenvalue weighted by atomic mass is 9.70. The Labute approximate surface area is 407 Å². The van der Waals surface area contributed by atoms with Crippen LogP contribution in [0, 0.1) is 107 Å². The van der Waals surface area contributed by atoms with E-state index in [2.05, 4.69) is 139 Å². The molecule has 4 nitrogen and oxygen atoms in total. The SMILES string of the molecule is CC1CCC(C(C)C)C(N(C2CC(C)CCC2C(C)C)P(=O)(N(C2CC(C)CCC2C(C)C)C2CC(C)CCC2C(C)C)N(C2CC(C)CCC2C(C)C)C2CC(C)CCC2C(C)C)C1. The molecule has 0 saturated heterocycles. The van der Waals surface area contributed by atoms with Gasteiger partial charge in [0.1, 0.15) is 0 Å². The van der Waals surface area contributed by atoms with Crippen LogP contribution in [0.5, 0.6) is 0 Å². The van der Waals surface area contributed by atoms with Crippen LogP contribution >= 0.6 is 7.59 Å². The Morgan fingerprint density at radius 1 is 0.277 bits per heavy atom. The van der Waals surface area contributed by atoms with Crippen molar-refractivity contribution in [3.8, 4) is 0 Å². The van der Waals surface area contributed by atoms with Crippen molar-refractivity contribution < 1.29 is 4.57 Å². The maximum atomic E-state index is 20.3. The van der Waals surface area contributed by atoms with Crippen molar-refractivity contribution in [3.63, 3.8) is 0 Å². The molecule has 0 N–H and O–H groups in total. The molecule has 6 saturated carbocycles. The summed E-state index contributed by atoms with van der Waals surface area (Å²) in [7, 11) is -3.58. The highest BCUT2D eigenvalue weighted by molar-refractivity contribution is 7.56. The minimum atomic E-state index is -3.58. The summed E-state index contributed by atoms with van der Waals surface area (Å²) < 4.78 is 29.9. The summed E-state index contributed by atoms with van der Waals surface area (Å²) in [5.74, 6) is 10.9. The molecule has 0 aromatic heterocycles. The third-order valence-electron chi connectivity index (χ3n) is 20.9. The van der Waals surface area contributed by atoms with Crippen molar-refractivity contribution in [1.82, 2.24) is 14.0 Å². The molecule has 0 heterocycles. The molecule has 5 heteroatoms. The number of nitrogens with zero attached hydrogens (tertiary/aromatic N) is 3. The Bertz CT molecular complexity index is 1220. The van der Waals surface area contributed by atoms with Crippen molar-refractivity contribution in [1.29, 1.82) is 0 Å². The van der Waals surface area contributed by atoms with E-state index in [1.807, 2.05) is 0 Å². The van der Waals surface area contributed by atoms with E-state index in [9.17, 15) is 0 Å². The molecule has 18 atom stereocenters. The van der Waals surface area contributed by atoms with Crippen molar-refractivity contribution in [2.24, 2.45) is 107 Å². The molecular formula is C60H114N3OP. The Kier molecular flexibility index (Phi) is 19.4. The van der Waals surface area contributed by atoms with Gasteiger partial charge in [-0.2, -0.15) is 0 Å². The zero-order valence-corrected chi connectivity index (χ0v) is 47.7. The molecule has 6 fully saturated rings. The number of hydrogen-bond donors (Lipinski definition) is 0. The fourth-order valence-corrected chi connectivity index (χ4v) is 21.6. The summed E-state index contributed by atoms with van der Waals surface area (Å²) in [6.45, 7) is 46.4. The summed E-state index contributed by atoms with van der Waals surface area (Å²) in [4.78, 5) is 0. The second-order valence-corrected chi connectivity index (χ2v) is 30.4. The van der Waals surface area contributed by atoms with E-state index in [1.165, 1.54) is 116 Å². The number of hydrogen-bond acceptors (Lipinski definition) is 1.